The Labute approximate surface area is 128 Å². The van der Waals surface area contributed by atoms with Crippen molar-refractivity contribution in [3.05, 3.63) is 50.0 Å². The molecule has 0 aliphatic heterocycles. The molecule has 10 nitrogen and oxygen atoms in total. The van der Waals surface area contributed by atoms with Crippen LogP contribution >= 0.6 is 0 Å². The normalized spacial score (nSPS) is 15.9. The average Bonchev–Trinajstić information content (AvgIpc) is 3.10. The van der Waals surface area contributed by atoms with Gasteiger partial charge in [-0.05, 0) is 27.6 Å². The SMILES string of the molecule is [B]c1ccc2c(c1)C(n1c(-c3nonc3[N+](=O)[O-])noc1=O)C2. The van der Waals surface area contributed by atoms with E-state index in [1.807, 2.05) is 6.07 Å². The van der Waals surface area contributed by atoms with Crippen LogP contribution in [0.25, 0.3) is 11.5 Å². The molecule has 2 aromatic heterocycles. The van der Waals surface area contributed by atoms with E-state index in [-0.39, 0.29) is 11.5 Å². The Kier molecular flexibility index (Phi) is 2.70. The van der Waals surface area contributed by atoms with E-state index in [9.17, 15) is 14.9 Å². The third kappa shape index (κ3) is 1.89. The minimum absolute atomic E-state index is 0.110. The Morgan fingerprint density at radius 1 is 1.35 bits per heavy atom. The van der Waals surface area contributed by atoms with Gasteiger partial charge in [-0.1, -0.05) is 28.8 Å². The van der Waals surface area contributed by atoms with Gasteiger partial charge in [0.2, 0.25) is 5.82 Å². The van der Waals surface area contributed by atoms with Crippen molar-refractivity contribution in [2.75, 3.05) is 0 Å². The van der Waals surface area contributed by atoms with Gasteiger partial charge in [-0.3, -0.25) is 4.52 Å². The molecule has 2 radical (unpaired) electrons. The highest BCUT2D eigenvalue weighted by Crippen LogP contribution is 2.37. The predicted octanol–water partition coefficient (Wildman–Crippen LogP) is -0.266. The molecule has 0 fully saturated rings. The molecule has 112 valence electrons. The van der Waals surface area contributed by atoms with E-state index in [4.69, 9.17) is 7.85 Å². The van der Waals surface area contributed by atoms with E-state index in [1.54, 1.807) is 12.1 Å². The van der Waals surface area contributed by atoms with Crippen molar-refractivity contribution in [1.82, 2.24) is 20.0 Å². The van der Waals surface area contributed by atoms with Crippen molar-refractivity contribution < 1.29 is 14.1 Å². The van der Waals surface area contributed by atoms with Gasteiger partial charge in [0.05, 0.1) is 6.04 Å². The van der Waals surface area contributed by atoms with Gasteiger partial charge in [-0.15, -0.1) is 4.63 Å². The third-order valence-electron chi connectivity index (χ3n) is 3.74. The molecular weight excluding hydrogens is 305 g/mol. The van der Waals surface area contributed by atoms with Crippen LogP contribution in [0.2, 0.25) is 0 Å². The molecule has 1 aliphatic rings. The van der Waals surface area contributed by atoms with E-state index in [0.29, 0.717) is 11.9 Å². The second-order valence-corrected chi connectivity index (χ2v) is 5.01. The summed E-state index contributed by atoms with van der Waals surface area (Å²) in [6.45, 7) is 0. The average molecular weight is 311 g/mol. The zero-order chi connectivity index (χ0) is 16.1. The first-order valence-electron chi connectivity index (χ1n) is 6.50. The Hall–Kier alpha value is -3.24. The van der Waals surface area contributed by atoms with E-state index >= 15 is 0 Å². The summed E-state index contributed by atoms with van der Waals surface area (Å²) >= 11 is 0. The second-order valence-electron chi connectivity index (χ2n) is 5.01. The van der Waals surface area contributed by atoms with Gasteiger partial charge >= 0.3 is 11.6 Å². The standard InChI is InChI=1S/C12H6BN5O5/c13-6-2-1-5-3-8(7(5)4-6)17-10(15-22-12(17)19)9-11(18(20)21)16-23-14-9/h1-2,4,8H,3H2. The highest BCUT2D eigenvalue weighted by Gasteiger charge is 2.36. The Morgan fingerprint density at radius 3 is 2.96 bits per heavy atom. The topological polar surface area (TPSA) is 130 Å². The van der Waals surface area contributed by atoms with Crippen LogP contribution in [0.3, 0.4) is 0 Å². The van der Waals surface area contributed by atoms with Crippen molar-refractivity contribution >= 4 is 19.1 Å². The molecule has 3 aromatic rings. The summed E-state index contributed by atoms with van der Waals surface area (Å²) in [6, 6.07) is 4.97. The van der Waals surface area contributed by atoms with Crippen LogP contribution in [0, 0.1) is 10.1 Å². The summed E-state index contributed by atoms with van der Waals surface area (Å²) in [7, 11) is 5.76. The lowest BCUT2D eigenvalue weighted by Crippen LogP contribution is -2.32. The minimum atomic E-state index is -0.776. The molecule has 0 bridgehead atoms. The van der Waals surface area contributed by atoms with Gasteiger partial charge in [0.25, 0.3) is 5.69 Å². The molecule has 4 rings (SSSR count). The van der Waals surface area contributed by atoms with Gasteiger partial charge in [0.15, 0.2) is 5.16 Å². The highest BCUT2D eigenvalue weighted by atomic mass is 16.6. The van der Waals surface area contributed by atoms with Gasteiger partial charge in [0.1, 0.15) is 7.85 Å². The fourth-order valence-corrected chi connectivity index (χ4v) is 2.66. The predicted molar refractivity (Wildman–Crippen MR) is 74.4 cm³/mol. The summed E-state index contributed by atoms with van der Waals surface area (Å²) < 4.78 is 10.2. The monoisotopic (exact) mass is 311 g/mol. The summed E-state index contributed by atoms with van der Waals surface area (Å²) in [6.07, 6.45) is 0.544. The molecule has 1 aliphatic carbocycles. The molecule has 1 aromatic carbocycles. The fraction of sp³-hybridized carbons (Fsp3) is 0.167. The van der Waals surface area contributed by atoms with Crippen LogP contribution in [0.15, 0.2) is 32.1 Å². The Balaban J connectivity index is 1.86. The molecule has 1 atom stereocenters. The fourth-order valence-electron chi connectivity index (χ4n) is 2.66. The largest absolute Gasteiger partial charge is 0.446 e. The zero-order valence-electron chi connectivity index (χ0n) is 11.4. The van der Waals surface area contributed by atoms with Crippen molar-refractivity contribution in [3.63, 3.8) is 0 Å². The van der Waals surface area contributed by atoms with Crippen molar-refractivity contribution in [2.45, 2.75) is 12.5 Å². The van der Waals surface area contributed by atoms with Crippen LogP contribution in [-0.2, 0) is 6.42 Å². The number of nitro groups is 1. The molecule has 2 heterocycles. The first-order valence-corrected chi connectivity index (χ1v) is 6.50. The minimum Gasteiger partial charge on any atom is -0.358 e. The number of hydrogen-bond acceptors (Lipinski definition) is 8. The van der Waals surface area contributed by atoms with E-state index in [0.717, 1.165) is 11.1 Å². The van der Waals surface area contributed by atoms with Crippen LogP contribution in [0.4, 0.5) is 5.82 Å². The molecule has 0 saturated heterocycles. The zero-order valence-corrected chi connectivity index (χ0v) is 11.4. The first-order chi connectivity index (χ1) is 11.1. The third-order valence-corrected chi connectivity index (χ3v) is 3.74. The number of rotatable bonds is 3. The smallest absolute Gasteiger partial charge is 0.358 e. The molecular formula is C12H6BN5O5. The van der Waals surface area contributed by atoms with Gasteiger partial charge in [0, 0.05) is 0 Å². The van der Waals surface area contributed by atoms with E-state index in [2.05, 4.69) is 24.6 Å². The molecule has 0 amide bonds. The number of hydrogen-bond donors (Lipinski definition) is 0. The van der Waals surface area contributed by atoms with Gasteiger partial charge in [-0.2, -0.15) is 0 Å². The van der Waals surface area contributed by atoms with Crippen LogP contribution in [-0.4, -0.2) is 32.8 Å². The van der Waals surface area contributed by atoms with Gasteiger partial charge in [-0.25, -0.2) is 9.36 Å². The summed E-state index contributed by atoms with van der Waals surface area (Å²) in [5.74, 6) is -1.50. The lowest BCUT2D eigenvalue weighted by atomic mass is 9.79. The number of nitrogens with zero attached hydrogens (tertiary/aromatic N) is 5. The summed E-state index contributed by atoms with van der Waals surface area (Å²) in [4.78, 5) is 22.2. The molecule has 1 unspecified atom stereocenters. The summed E-state index contributed by atoms with van der Waals surface area (Å²) in [5.41, 5.74) is 2.14. The maximum Gasteiger partial charge on any atom is 0.446 e. The lowest BCUT2D eigenvalue weighted by molar-refractivity contribution is -0.390. The van der Waals surface area contributed by atoms with Crippen LogP contribution < -0.4 is 11.2 Å². The van der Waals surface area contributed by atoms with Crippen molar-refractivity contribution in [3.8, 4) is 11.5 Å². The molecule has 0 spiro atoms. The quantitative estimate of drug-likeness (QED) is 0.367. The van der Waals surface area contributed by atoms with E-state index in [1.165, 1.54) is 4.57 Å². The molecule has 0 N–H and O–H groups in total. The molecule has 0 saturated carbocycles. The van der Waals surface area contributed by atoms with E-state index < -0.39 is 22.5 Å². The lowest BCUT2D eigenvalue weighted by Gasteiger charge is -2.30. The summed E-state index contributed by atoms with van der Waals surface area (Å²) in [5, 5.41) is 21.2. The van der Waals surface area contributed by atoms with Crippen molar-refractivity contribution in [1.29, 1.82) is 0 Å². The Morgan fingerprint density at radius 2 is 2.17 bits per heavy atom. The number of aromatic nitrogens is 4. The maximum atomic E-state index is 12.0. The number of benzene rings is 1. The van der Waals surface area contributed by atoms with Crippen LogP contribution in [0.1, 0.15) is 17.2 Å². The maximum absolute atomic E-state index is 12.0. The first kappa shape index (κ1) is 13.4. The highest BCUT2D eigenvalue weighted by molar-refractivity contribution is 6.32. The second kappa shape index (κ2) is 4.63. The van der Waals surface area contributed by atoms with Crippen LogP contribution in [0.5, 0.6) is 0 Å². The molecule has 23 heavy (non-hydrogen) atoms. The molecule has 11 heteroatoms. The number of fused-ring (bicyclic) bond motifs is 1. The Bertz CT molecular complexity index is 990. The van der Waals surface area contributed by atoms with Gasteiger partial charge < -0.3 is 10.1 Å². The van der Waals surface area contributed by atoms with Crippen molar-refractivity contribution in [2.24, 2.45) is 0 Å².